The summed E-state index contributed by atoms with van der Waals surface area (Å²) in [5, 5.41) is 12.3. The number of halogens is 1. The number of hydrogen-bond donors (Lipinski definition) is 2. The van der Waals surface area contributed by atoms with Crippen molar-refractivity contribution in [2.24, 2.45) is 5.92 Å². The Kier molecular flexibility index (Phi) is 5.66. The average Bonchev–Trinajstić information content (AvgIpc) is 2.63. The van der Waals surface area contributed by atoms with E-state index in [2.05, 4.69) is 10.2 Å². The number of rotatable bonds is 5. The van der Waals surface area contributed by atoms with Crippen molar-refractivity contribution in [2.45, 2.75) is 19.4 Å². The molecule has 0 bridgehead atoms. The molecule has 2 N–H and O–H groups in total. The zero-order valence-electron chi connectivity index (χ0n) is 14.1. The summed E-state index contributed by atoms with van der Waals surface area (Å²) in [4.78, 5) is 14.5. The molecule has 2 aromatic rings. The van der Waals surface area contributed by atoms with E-state index < -0.39 is 0 Å². The molecule has 0 aliphatic carbocycles. The molecule has 0 radical (unpaired) electrons. The normalized spacial score (nSPS) is 18.0. The van der Waals surface area contributed by atoms with Crippen LogP contribution < -0.4 is 5.32 Å². The molecule has 1 heterocycles. The highest BCUT2D eigenvalue weighted by Crippen LogP contribution is 2.19. The highest BCUT2D eigenvalue weighted by atomic mass is 19.1. The van der Waals surface area contributed by atoms with Crippen LogP contribution in [0.5, 0.6) is 5.75 Å². The maximum atomic E-state index is 12.9. The highest BCUT2D eigenvalue weighted by Gasteiger charge is 2.20. The second-order valence-corrected chi connectivity index (χ2v) is 6.63. The van der Waals surface area contributed by atoms with Gasteiger partial charge in [-0.05, 0) is 67.3 Å². The second-order valence-electron chi connectivity index (χ2n) is 6.63. The molecule has 1 atom stereocenters. The van der Waals surface area contributed by atoms with E-state index in [1.165, 1.54) is 29.8 Å². The van der Waals surface area contributed by atoms with Crippen molar-refractivity contribution in [1.82, 2.24) is 10.2 Å². The lowest BCUT2D eigenvalue weighted by Gasteiger charge is -2.32. The number of carbonyl (C=O) groups is 1. The van der Waals surface area contributed by atoms with Crippen LogP contribution in [0.25, 0.3) is 0 Å². The molecule has 1 saturated heterocycles. The van der Waals surface area contributed by atoms with Crippen LogP contribution in [-0.4, -0.2) is 35.5 Å². The van der Waals surface area contributed by atoms with Gasteiger partial charge in [0, 0.05) is 25.2 Å². The van der Waals surface area contributed by atoms with Gasteiger partial charge in [-0.3, -0.25) is 9.69 Å². The average molecular weight is 342 g/mol. The molecule has 0 spiro atoms. The Labute approximate surface area is 147 Å². The summed E-state index contributed by atoms with van der Waals surface area (Å²) in [5.41, 5.74) is 1.66. The van der Waals surface area contributed by atoms with E-state index in [9.17, 15) is 14.3 Å². The molecule has 2 aromatic carbocycles. The first-order valence-electron chi connectivity index (χ1n) is 8.64. The van der Waals surface area contributed by atoms with Gasteiger partial charge in [-0.2, -0.15) is 0 Å². The molecule has 0 aromatic heterocycles. The molecule has 1 fully saturated rings. The van der Waals surface area contributed by atoms with Crippen molar-refractivity contribution >= 4 is 5.91 Å². The van der Waals surface area contributed by atoms with Crippen LogP contribution in [-0.2, 0) is 6.54 Å². The van der Waals surface area contributed by atoms with E-state index in [0.29, 0.717) is 18.0 Å². The van der Waals surface area contributed by atoms with Crippen molar-refractivity contribution in [3.05, 3.63) is 65.5 Å². The van der Waals surface area contributed by atoms with Gasteiger partial charge in [-0.1, -0.05) is 12.1 Å². The van der Waals surface area contributed by atoms with Gasteiger partial charge in [0.05, 0.1) is 0 Å². The fraction of sp³-hybridized carbons (Fsp3) is 0.350. The van der Waals surface area contributed by atoms with Crippen molar-refractivity contribution in [3.63, 3.8) is 0 Å². The lowest BCUT2D eigenvalue weighted by atomic mass is 9.97. The highest BCUT2D eigenvalue weighted by molar-refractivity contribution is 5.94. The minimum Gasteiger partial charge on any atom is -0.508 e. The van der Waals surface area contributed by atoms with Crippen LogP contribution in [0.15, 0.2) is 48.5 Å². The van der Waals surface area contributed by atoms with Crippen molar-refractivity contribution in [1.29, 1.82) is 0 Å². The Morgan fingerprint density at radius 1 is 1.16 bits per heavy atom. The van der Waals surface area contributed by atoms with Crippen molar-refractivity contribution in [2.75, 3.05) is 19.6 Å². The van der Waals surface area contributed by atoms with E-state index in [1.807, 2.05) is 12.1 Å². The molecule has 0 saturated carbocycles. The molecule has 4 nitrogen and oxygen atoms in total. The van der Waals surface area contributed by atoms with Gasteiger partial charge >= 0.3 is 0 Å². The number of amides is 1. The Hall–Kier alpha value is -2.40. The maximum absolute atomic E-state index is 12.9. The topological polar surface area (TPSA) is 52.6 Å². The summed E-state index contributed by atoms with van der Waals surface area (Å²) in [6.07, 6.45) is 2.20. The molecule has 1 aliphatic rings. The zero-order valence-corrected chi connectivity index (χ0v) is 14.1. The van der Waals surface area contributed by atoms with Gasteiger partial charge in [0.1, 0.15) is 11.6 Å². The molecule has 1 amide bonds. The van der Waals surface area contributed by atoms with E-state index >= 15 is 0 Å². The number of likely N-dealkylation sites (tertiary alicyclic amines) is 1. The van der Waals surface area contributed by atoms with E-state index in [-0.39, 0.29) is 17.5 Å². The minimum absolute atomic E-state index is 0.157. The largest absolute Gasteiger partial charge is 0.508 e. The van der Waals surface area contributed by atoms with Crippen molar-refractivity contribution in [3.8, 4) is 5.75 Å². The van der Waals surface area contributed by atoms with Gasteiger partial charge in [0.2, 0.25) is 0 Å². The predicted molar refractivity (Wildman–Crippen MR) is 94.8 cm³/mol. The fourth-order valence-electron chi connectivity index (χ4n) is 3.26. The quantitative estimate of drug-likeness (QED) is 0.877. The molecular formula is C20H23FN2O2. The van der Waals surface area contributed by atoms with Crippen LogP contribution in [0.2, 0.25) is 0 Å². The summed E-state index contributed by atoms with van der Waals surface area (Å²) < 4.78 is 12.9. The lowest BCUT2D eigenvalue weighted by Crippen LogP contribution is -2.40. The third kappa shape index (κ3) is 5.03. The van der Waals surface area contributed by atoms with E-state index in [0.717, 1.165) is 32.5 Å². The summed E-state index contributed by atoms with van der Waals surface area (Å²) in [6.45, 7) is 3.46. The standard InChI is InChI=1S/C20H23FN2O2/c21-18-7-5-17(6-8-18)20(25)22-12-16-2-1-11-23(14-16)13-15-3-9-19(24)10-4-15/h3-10,16,24H,1-2,11-14H2,(H,22,25)/t16-/m1/s1. The van der Waals surface area contributed by atoms with Crippen LogP contribution >= 0.6 is 0 Å². The first-order valence-corrected chi connectivity index (χ1v) is 8.64. The number of benzene rings is 2. The number of nitrogens with one attached hydrogen (secondary N) is 1. The Morgan fingerprint density at radius 3 is 2.60 bits per heavy atom. The molecule has 1 aliphatic heterocycles. The number of nitrogens with zero attached hydrogens (tertiary/aromatic N) is 1. The minimum atomic E-state index is -0.339. The van der Waals surface area contributed by atoms with Gasteiger partial charge < -0.3 is 10.4 Å². The zero-order chi connectivity index (χ0) is 17.6. The van der Waals surface area contributed by atoms with Gasteiger partial charge in [0.25, 0.3) is 5.91 Å². The maximum Gasteiger partial charge on any atom is 0.251 e. The first-order chi connectivity index (χ1) is 12.1. The van der Waals surface area contributed by atoms with E-state index in [4.69, 9.17) is 0 Å². The number of carbonyl (C=O) groups excluding carboxylic acids is 1. The third-order valence-electron chi connectivity index (χ3n) is 4.60. The van der Waals surface area contributed by atoms with E-state index in [1.54, 1.807) is 12.1 Å². The summed E-state index contributed by atoms with van der Waals surface area (Å²) in [6, 6.07) is 12.9. The Bertz CT molecular complexity index is 701. The molecule has 132 valence electrons. The molecule has 5 heteroatoms. The van der Waals surface area contributed by atoms with Crippen LogP contribution in [0, 0.1) is 11.7 Å². The third-order valence-corrected chi connectivity index (χ3v) is 4.60. The van der Waals surface area contributed by atoms with Gasteiger partial charge in [-0.25, -0.2) is 4.39 Å². The summed E-state index contributed by atoms with van der Waals surface area (Å²) >= 11 is 0. The fourth-order valence-corrected chi connectivity index (χ4v) is 3.26. The van der Waals surface area contributed by atoms with Crippen LogP contribution in [0.3, 0.4) is 0 Å². The first kappa shape index (κ1) is 17.4. The SMILES string of the molecule is O=C(NC[C@H]1CCCN(Cc2ccc(O)cc2)C1)c1ccc(F)cc1. The van der Waals surface area contributed by atoms with Crippen LogP contribution in [0.4, 0.5) is 4.39 Å². The smallest absolute Gasteiger partial charge is 0.251 e. The summed E-state index contributed by atoms with van der Waals surface area (Å²) in [5.74, 6) is 0.198. The second kappa shape index (κ2) is 8.12. The molecule has 0 unspecified atom stereocenters. The van der Waals surface area contributed by atoms with Crippen molar-refractivity contribution < 1.29 is 14.3 Å². The molecule has 3 rings (SSSR count). The lowest BCUT2D eigenvalue weighted by molar-refractivity contribution is 0.0930. The number of phenols is 1. The Balaban J connectivity index is 1.48. The monoisotopic (exact) mass is 342 g/mol. The summed E-state index contributed by atoms with van der Waals surface area (Å²) in [7, 11) is 0. The number of aromatic hydroxyl groups is 1. The predicted octanol–water partition coefficient (Wildman–Crippen LogP) is 3.17. The Morgan fingerprint density at radius 2 is 1.88 bits per heavy atom. The van der Waals surface area contributed by atoms with Gasteiger partial charge in [0.15, 0.2) is 0 Å². The molecule has 25 heavy (non-hydrogen) atoms. The number of piperidine rings is 1. The number of hydrogen-bond acceptors (Lipinski definition) is 3. The number of phenolic OH excluding ortho intramolecular Hbond substituents is 1. The molecular weight excluding hydrogens is 319 g/mol. The van der Waals surface area contributed by atoms with Crippen LogP contribution in [0.1, 0.15) is 28.8 Å². The van der Waals surface area contributed by atoms with Gasteiger partial charge in [-0.15, -0.1) is 0 Å².